The second kappa shape index (κ2) is 4.76. The van der Waals surface area contributed by atoms with E-state index in [4.69, 9.17) is 0 Å². The fourth-order valence-corrected chi connectivity index (χ4v) is 2.93. The Morgan fingerprint density at radius 3 is 2.40 bits per heavy atom. The van der Waals surface area contributed by atoms with E-state index in [9.17, 15) is 0 Å². The van der Waals surface area contributed by atoms with Crippen molar-refractivity contribution in [3.8, 4) is 0 Å². The molecule has 3 saturated heterocycles. The van der Waals surface area contributed by atoms with Crippen molar-refractivity contribution >= 4 is 17.3 Å². The number of nitrogens with one attached hydrogen (secondary N) is 2. The van der Waals surface area contributed by atoms with E-state index < -0.39 is 0 Å². The van der Waals surface area contributed by atoms with Gasteiger partial charge in [0.2, 0.25) is 0 Å². The molecule has 0 amide bonds. The third kappa shape index (κ3) is 2.20. The van der Waals surface area contributed by atoms with E-state index >= 15 is 0 Å². The Labute approximate surface area is 118 Å². The van der Waals surface area contributed by atoms with Crippen molar-refractivity contribution in [3.05, 3.63) is 42.5 Å². The molecular weight excluding hydrogens is 250 g/mol. The highest BCUT2D eigenvalue weighted by atomic mass is 15.3. The summed E-state index contributed by atoms with van der Waals surface area (Å²) in [6, 6.07) is 15.3. The second-order valence-electron chi connectivity index (χ2n) is 5.47. The van der Waals surface area contributed by atoms with Gasteiger partial charge < -0.3 is 15.5 Å². The number of nitrogens with zero attached hydrogens (tertiary/aromatic N) is 3. The Hall–Kier alpha value is -2.14. The van der Waals surface area contributed by atoms with Gasteiger partial charge in [-0.05, 0) is 30.7 Å². The average Bonchev–Trinajstić information content (AvgIpc) is 2.48. The van der Waals surface area contributed by atoms with Gasteiger partial charge in [0.25, 0.3) is 0 Å². The minimum absolute atomic E-state index is 0.637. The van der Waals surface area contributed by atoms with Gasteiger partial charge in [-0.2, -0.15) is 0 Å². The first-order valence-corrected chi connectivity index (χ1v) is 7.03. The van der Waals surface area contributed by atoms with Crippen LogP contribution in [0.25, 0.3) is 0 Å². The van der Waals surface area contributed by atoms with E-state index in [1.165, 1.54) is 6.42 Å². The van der Waals surface area contributed by atoms with Gasteiger partial charge in [-0.15, -0.1) is 10.2 Å². The molecule has 20 heavy (non-hydrogen) atoms. The van der Waals surface area contributed by atoms with Crippen LogP contribution in [0.4, 0.5) is 17.3 Å². The molecule has 0 saturated carbocycles. The standard InChI is InChI=1S/C15H17N5/c1-2-4-11(5-3-1)17-14-6-7-15(19-18-14)20-9-12-8-13(10-20)16-12/h1-7,12-13,16H,8-10H2,(H,17,18). The molecule has 2 N–H and O–H groups in total. The van der Waals surface area contributed by atoms with Gasteiger partial charge in [0.05, 0.1) is 0 Å². The lowest BCUT2D eigenvalue weighted by molar-refractivity contribution is 0.225. The van der Waals surface area contributed by atoms with Crippen LogP contribution < -0.4 is 15.5 Å². The number of rotatable bonds is 3. The SMILES string of the molecule is c1ccc(Nc2ccc(N3CC4CC(C3)N4)nn2)cc1. The number of piperidine rings is 1. The maximum Gasteiger partial charge on any atom is 0.153 e. The normalized spacial score (nSPS) is 24.1. The predicted octanol–water partition coefficient (Wildman–Crippen LogP) is 1.77. The molecule has 1 aromatic heterocycles. The molecule has 4 heterocycles. The van der Waals surface area contributed by atoms with Crippen LogP contribution in [0.2, 0.25) is 0 Å². The Bertz CT molecular complexity index is 567. The van der Waals surface area contributed by atoms with E-state index in [1.807, 2.05) is 42.5 Å². The van der Waals surface area contributed by atoms with Crippen molar-refractivity contribution in [1.82, 2.24) is 15.5 Å². The number of hydrogen-bond donors (Lipinski definition) is 2. The first-order chi connectivity index (χ1) is 9.87. The molecular formula is C15H17N5. The van der Waals surface area contributed by atoms with Crippen molar-refractivity contribution < 1.29 is 0 Å². The van der Waals surface area contributed by atoms with E-state index in [2.05, 4.69) is 25.7 Å². The number of para-hydroxylation sites is 1. The molecule has 3 fully saturated rings. The maximum absolute atomic E-state index is 4.34. The molecule has 5 rings (SSSR count). The fourth-order valence-electron chi connectivity index (χ4n) is 2.93. The average molecular weight is 267 g/mol. The zero-order chi connectivity index (χ0) is 13.4. The van der Waals surface area contributed by atoms with Gasteiger partial charge >= 0.3 is 0 Å². The molecule has 2 atom stereocenters. The van der Waals surface area contributed by atoms with Gasteiger partial charge in [0.1, 0.15) is 0 Å². The van der Waals surface area contributed by atoms with Crippen molar-refractivity contribution in [3.63, 3.8) is 0 Å². The van der Waals surface area contributed by atoms with Crippen LogP contribution in [-0.2, 0) is 0 Å². The monoisotopic (exact) mass is 267 g/mol. The summed E-state index contributed by atoms with van der Waals surface area (Å²) in [4.78, 5) is 2.31. The quantitative estimate of drug-likeness (QED) is 0.887. The van der Waals surface area contributed by atoms with Crippen LogP contribution >= 0.6 is 0 Å². The molecule has 102 valence electrons. The Morgan fingerprint density at radius 1 is 1.00 bits per heavy atom. The second-order valence-corrected chi connectivity index (χ2v) is 5.47. The highest BCUT2D eigenvalue weighted by molar-refractivity contribution is 5.56. The molecule has 2 unspecified atom stereocenters. The zero-order valence-corrected chi connectivity index (χ0v) is 11.2. The molecule has 2 aromatic rings. The van der Waals surface area contributed by atoms with Gasteiger partial charge in [0, 0.05) is 30.9 Å². The molecule has 0 radical (unpaired) electrons. The lowest BCUT2D eigenvalue weighted by atomic mass is 9.91. The minimum Gasteiger partial charge on any atom is -0.352 e. The van der Waals surface area contributed by atoms with Crippen molar-refractivity contribution in [2.45, 2.75) is 18.5 Å². The van der Waals surface area contributed by atoms with Crippen molar-refractivity contribution in [1.29, 1.82) is 0 Å². The highest BCUT2D eigenvalue weighted by Gasteiger charge is 2.36. The zero-order valence-electron chi connectivity index (χ0n) is 11.2. The van der Waals surface area contributed by atoms with Gasteiger partial charge in [0.15, 0.2) is 11.6 Å². The lowest BCUT2D eigenvalue weighted by Crippen LogP contribution is -2.67. The molecule has 5 heteroatoms. The number of aromatic nitrogens is 2. The number of benzene rings is 1. The molecule has 3 aliphatic rings. The fraction of sp³-hybridized carbons (Fsp3) is 0.333. The minimum atomic E-state index is 0.637. The first kappa shape index (κ1) is 11.7. The van der Waals surface area contributed by atoms with E-state index in [-0.39, 0.29) is 0 Å². The molecule has 0 spiro atoms. The summed E-state index contributed by atoms with van der Waals surface area (Å²) in [7, 11) is 0. The van der Waals surface area contributed by atoms with Crippen molar-refractivity contribution in [2.75, 3.05) is 23.3 Å². The van der Waals surface area contributed by atoms with Crippen LogP contribution in [0.1, 0.15) is 6.42 Å². The molecule has 2 bridgehead atoms. The summed E-state index contributed by atoms with van der Waals surface area (Å²) in [5.74, 6) is 1.75. The molecule has 3 aliphatic heterocycles. The Kier molecular flexibility index (Phi) is 2.77. The van der Waals surface area contributed by atoms with Gasteiger partial charge in [-0.1, -0.05) is 18.2 Å². The first-order valence-electron chi connectivity index (χ1n) is 7.03. The molecule has 0 aliphatic carbocycles. The predicted molar refractivity (Wildman–Crippen MR) is 79.3 cm³/mol. The summed E-state index contributed by atoms with van der Waals surface area (Å²) in [6.07, 6.45) is 1.30. The Morgan fingerprint density at radius 2 is 1.75 bits per heavy atom. The van der Waals surface area contributed by atoms with Crippen LogP contribution in [0.5, 0.6) is 0 Å². The molecule has 1 aromatic carbocycles. The third-order valence-electron chi connectivity index (χ3n) is 3.94. The van der Waals surface area contributed by atoms with Gasteiger partial charge in [-0.25, -0.2) is 0 Å². The van der Waals surface area contributed by atoms with Gasteiger partial charge in [-0.3, -0.25) is 0 Å². The largest absolute Gasteiger partial charge is 0.352 e. The number of piperazine rings is 1. The third-order valence-corrected chi connectivity index (χ3v) is 3.94. The Balaban J connectivity index is 1.46. The topological polar surface area (TPSA) is 53.1 Å². The summed E-state index contributed by atoms with van der Waals surface area (Å²) >= 11 is 0. The van der Waals surface area contributed by atoms with Crippen LogP contribution in [0.15, 0.2) is 42.5 Å². The summed E-state index contributed by atoms with van der Waals surface area (Å²) in [5, 5.41) is 15.4. The van der Waals surface area contributed by atoms with E-state index in [1.54, 1.807) is 0 Å². The number of fused-ring (bicyclic) bond motifs is 2. The van der Waals surface area contributed by atoms with E-state index in [0.717, 1.165) is 30.4 Å². The smallest absolute Gasteiger partial charge is 0.153 e. The maximum atomic E-state index is 4.34. The van der Waals surface area contributed by atoms with Crippen LogP contribution in [0.3, 0.4) is 0 Å². The van der Waals surface area contributed by atoms with Crippen molar-refractivity contribution in [2.24, 2.45) is 0 Å². The van der Waals surface area contributed by atoms with Crippen LogP contribution in [-0.4, -0.2) is 35.4 Å². The highest BCUT2D eigenvalue weighted by Crippen LogP contribution is 2.25. The molecule has 5 nitrogen and oxygen atoms in total. The summed E-state index contributed by atoms with van der Waals surface area (Å²) < 4.78 is 0. The summed E-state index contributed by atoms with van der Waals surface area (Å²) in [5.41, 5.74) is 1.03. The van der Waals surface area contributed by atoms with Crippen LogP contribution in [0, 0.1) is 0 Å². The number of anilines is 3. The number of hydrogen-bond acceptors (Lipinski definition) is 5. The van der Waals surface area contributed by atoms with E-state index in [0.29, 0.717) is 12.1 Å². The lowest BCUT2D eigenvalue weighted by Gasteiger charge is -2.48. The summed E-state index contributed by atoms with van der Waals surface area (Å²) in [6.45, 7) is 2.08.